The molecule has 0 aliphatic carbocycles. The number of fused-ring (bicyclic) bond motifs is 3. The molecule has 1 amide bonds. The normalized spacial score (nSPS) is 21.3. The average Bonchev–Trinajstić information content (AvgIpc) is 3.58. The first-order chi connectivity index (χ1) is 18.2. The van der Waals surface area contributed by atoms with Crippen LogP contribution in [0.5, 0.6) is 0 Å². The zero-order valence-corrected chi connectivity index (χ0v) is 21.5. The van der Waals surface area contributed by atoms with Crippen LogP contribution in [0.25, 0.3) is 16.6 Å². The van der Waals surface area contributed by atoms with Gasteiger partial charge in [0, 0.05) is 35.9 Å². The van der Waals surface area contributed by atoms with Crippen LogP contribution in [0.15, 0.2) is 43.0 Å². The number of tetrazole rings is 1. The van der Waals surface area contributed by atoms with Crippen molar-refractivity contribution in [3.63, 3.8) is 0 Å². The molecule has 2 aliphatic rings. The molecule has 1 aromatic carbocycles. The zero-order chi connectivity index (χ0) is 26.6. The fourth-order valence-electron chi connectivity index (χ4n) is 5.87. The predicted molar refractivity (Wildman–Crippen MR) is 135 cm³/mol. The highest BCUT2D eigenvalue weighted by molar-refractivity contribution is 5.83. The van der Waals surface area contributed by atoms with E-state index in [0.29, 0.717) is 16.6 Å². The van der Waals surface area contributed by atoms with Crippen molar-refractivity contribution >= 4 is 17.0 Å². The van der Waals surface area contributed by atoms with Gasteiger partial charge in [0.25, 0.3) is 0 Å². The van der Waals surface area contributed by atoms with Gasteiger partial charge >= 0.3 is 6.09 Å². The first kappa shape index (κ1) is 24.4. The minimum absolute atomic E-state index is 0.0868. The molecule has 6 rings (SSSR count). The van der Waals surface area contributed by atoms with Crippen LogP contribution < -0.4 is 0 Å². The Morgan fingerprint density at radius 3 is 2.53 bits per heavy atom. The van der Waals surface area contributed by atoms with E-state index in [1.165, 1.54) is 17.1 Å². The molecule has 2 fully saturated rings. The van der Waals surface area contributed by atoms with Gasteiger partial charge in [-0.15, -0.1) is 5.10 Å². The molecular weight excluding hydrogens is 492 g/mol. The van der Waals surface area contributed by atoms with Gasteiger partial charge < -0.3 is 14.2 Å². The summed E-state index contributed by atoms with van der Waals surface area (Å²) in [7, 11) is 0. The highest BCUT2D eigenvalue weighted by Gasteiger charge is 2.45. The van der Waals surface area contributed by atoms with Gasteiger partial charge in [-0.3, -0.25) is 4.98 Å². The van der Waals surface area contributed by atoms with Crippen molar-refractivity contribution in [2.24, 2.45) is 0 Å². The zero-order valence-electron chi connectivity index (χ0n) is 21.5. The van der Waals surface area contributed by atoms with Crippen LogP contribution >= 0.6 is 0 Å². The summed E-state index contributed by atoms with van der Waals surface area (Å²) in [5.74, 6) is -0.754. The third-order valence-electron chi connectivity index (χ3n) is 7.48. The van der Waals surface area contributed by atoms with E-state index in [-0.39, 0.29) is 36.3 Å². The number of piperidine rings is 1. The molecule has 0 N–H and O–H groups in total. The molecule has 3 aromatic heterocycles. The van der Waals surface area contributed by atoms with E-state index in [9.17, 15) is 4.79 Å². The Bertz CT molecular complexity index is 1480. The van der Waals surface area contributed by atoms with Gasteiger partial charge in [0.15, 0.2) is 0 Å². The number of nitrogens with zero attached hydrogens (tertiary/aromatic N) is 7. The summed E-state index contributed by atoms with van der Waals surface area (Å²) < 4.78 is 39.0. The van der Waals surface area contributed by atoms with Crippen LogP contribution in [0.3, 0.4) is 0 Å². The number of amides is 1. The first-order valence-corrected chi connectivity index (χ1v) is 12.8. The number of hydrogen-bond acceptors (Lipinski definition) is 6. The van der Waals surface area contributed by atoms with Crippen molar-refractivity contribution in [3.8, 4) is 5.69 Å². The van der Waals surface area contributed by atoms with Gasteiger partial charge in [-0.2, -0.15) is 0 Å². The van der Waals surface area contributed by atoms with Crippen LogP contribution in [0, 0.1) is 11.6 Å². The van der Waals surface area contributed by atoms with Crippen molar-refractivity contribution in [3.05, 3.63) is 65.9 Å². The molecule has 2 bridgehead atoms. The Hall–Kier alpha value is -3.89. The molecule has 0 spiro atoms. The van der Waals surface area contributed by atoms with Crippen molar-refractivity contribution in [2.45, 2.75) is 76.6 Å². The van der Waals surface area contributed by atoms with E-state index < -0.39 is 17.2 Å². The fraction of sp³-hybridized carbons (Fsp3) is 0.444. The fourth-order valence-corrected chi connectivity index (χ4v) is 5.87. The Morgan fingerprint density at radius 2 is 1.87 bits per heavy atom. The molecule has 5 heterocycles. The second-order valence-electron chi connectivity index (χ2n) is 11.2. The summed E-state index contributed by atoms with van der Waals surface area (Å²) in [6.07, 6.45) is 7.94. The molecule has 2 unspecified atom stereocenters. The van der Waals surface area contributed by atoms with E-state index in [1.54, 1.807) is 35.2 Å². The monoisotopic (exact) mass is 521 g/mol. The molecule has 11 heteroatoms. The van der Waals surface area contributed by atoms with Crippen LogP contribution in [-0.4, -0.2) is 58.4 Å². The minimum atomic E-state index is -0.540. The molecule has 4 aromatic rings. The molecule has 2 atom stereocenters. The number of hydrogen-bond donors (Lipinski definition) is 0. The lowest BCUT2D eigenvalue weighted by Gasteiger charge is -2.39. The molecule has 2 saturated heterocycles. The molecule has 9 nitrogen and oxygen atoms in total. The predicted octanol–water partition coefficient (Wildman–Crippen LogP) is 4.98. The lowest BCUT2D eigenvalue weighted by molar-refractivity contribution is 0.00582. The molecule has 0 saturated carbocycles. The molecule has 38 heavy (non-hydrogen) atoms. The van der Waals surface area contributed by atoms with Crippen molar-refractivity contribution < 1.29 is 18.3 Å². The van der Waals surface area contributed by atoms with E-state index in [4.69, 9.17) is 4.74 Å². The van der Waals surface area contributed by atoms with Crippen LogP contribution in [0.2, 0.25) is 0 Å². The van der Waals surface area contributed by atoms with Gasteiger partial charge in [-0.25, -0.2) is 18.3 Å². The maximum atomic E-state index is 15.3. The number of aromatic nitrogens is 6. The largest absolute Gasteiger partial charge is 0.444 e. The number of pyridine rings is 1. The molecular formula is C27H29F2N7O2. The van der Waals surface area contributed by atoms with Gasteiger partial charge in [0.05, 0.1) is 23.4 Å². The number of carbonyl (C=O) groups is 1. The smallest absolute Gasteiger partial charge is 0.410 e. The molecule has 2 aliphatic heterocycles. The van der Waals surface area contributed by atoms with Crippen molar-refractivity contribution in [1.29, 1.82) is 0 Å². The van der Waals surface area contributed by atoms with E-state index in [0.717, 1.165) is 31.2 Å². The third-order valence-corrected chi connectivity index (χ3v) is 7.48. The summed E-state index contributed by atoms with van der Waals surface area (Å²) >= 11 is 0. The number of benzene rings is 1. The van der Waals surface area contributed by atoms with Crippen LogP contribution in [0.4, 0.5) is 13.6 Å². The maximum absolute atomic E-state index is 15.3. The summed E-state index contributed by atoms with van der Waals surface area (Å²) in [4.78, 5) is 19.1. The Balaban J connectivity index is 1.19. The molecule has 198 valence electrons. The lowest BCUT2D eigenvalue weighted by atomic mass is 9.86. The van der Waals surface area contributed by atoms with Crippen LogP contribution in [-0.2, 0) is 11.3 Å². The van der Waals surface area contributed by atoms with Crippen molar-refractivity contribution in [1.82, 2.24) is 34.7 Å². The highest BCUT2D eigenvalue weighted by atomic mass is 19.1. The summed E-state index contributed by atoms with van der Waals surface area (Å²) in [5, 5.41) is 11.6. The van der Waals surface area contributed by atoms with Gasteiger partial charge in [0.2, 0.25) is 0 Å². The van der Waals surface area contributed by atoms with Gasteiger partial charge in [-0.1, -0.05) is 0 Å². The van der Waals surface area contributed by atoms with E-state index in [2.05, 4.69) is 20.5 Å². The second kappa shape index (κ2) is 9.14. The van der Waals surface area contributed by atoms with Crippen molar-refractivity contribution in [2.75, 3.05) is 0 Å². The number of ether oxygens (including phenoxy) is 1. The highest BCUT2D eigenvalue weighted by Crippen LogP contribution is 2.43. The van der Waals surface area contributed by atoms with Gasteiger partial charge in [-0.05, 0) is 86.6 Å². The second-order valence-corrected chi connectivity index (χ2v) is 11.2. The maximum Gasteiger partial charge on any atom is 0.410 e. The topological polar surface area (TPSA) is 91.0 Å². The quantitative estimate of drug-likeness (QED) is 0.376. The van der Waals surface area contributed by atoms with E-state index >= 15 is 8.78 Å². The Kier molecular flexibility index (Phi) is 5.88. The Labute approximate surface area is 218 Å². The molecule has 0 radical (unpaired) electrons. The minimum Gasteiger partial charge on any atom is -0.444 e. The standard InChI is InChI=1S/C27H29F2N7O2/c1-27(2,3)38-26(37)36-19-4-5-20(36)10-17(9-19)18-11-22(28)24(30-13-18)14-34-7-6-16-8-21(12-23(29)25(16)34)35-15-31-32-33-35/h6-8,11-13,15,17,19-20H,4-5,9-10,14H2,1-3H3. The number of halogens is 2. The van der Waals surface area contributed by atoms with Crippen LogP contribution in [0.1, 0.15) is 63.6 Å². The first-order valence-electron chi connectivity index (χ1n) is 12.8. The van der Waals surface area contributed by atoms with Gasteiger partial charge in [0.1, 0.15) is 23.6 Å². The summed E-state index contributed by atoms with van der Waals surface area (Å²) in [6, 6.07) is 6.61. The average molecular weight is 522 g/mol. The number of rotatable bonds is 4. The van der Waals surface area contributed by atoms with E-state index in [1.807, 2.05) is 25.7 Å². The summed E-state index contributed by atoms with van der Waals surface area (Å²) in [5.41, 5.74) is 1.39. The number of carbonyl (C=O) groups excluding carboxylic acids is 1. The lowest BCUT2D eigenvalue weighted by Crippen LogP contribution is -2.48. The Morgan fingerprint density at radius 1 is 1.11 bits per heavy atom. The SMILES string of the molecule is CC(C)(C)OC(=O)N1C2CCC1CC(c1cnc(Cn3ccc4cc(-n5cnnn5)cc(F)c43)c(F)c1)C2. The summed E-state index contributed by atoms with van der Waals surface area (Å²) in [6.45, 7) is 5.70. The third kappa shape index (κ3) is 4.50.